The van der Waals surface area contributed by atoms with Crippen molar-refractivity contribution in [2.75, 3.05) is 26.2 Å². The molecule has 1 fully saturated rings. The molecular weight excluding hydrogens is 457 g/mol. The molecule has 0 unspecified atom stereocenters. The van der Waals surface area contributed by atoms with Crippen molar-refractivity contribution in [1.29, 1.82) is 0 Å². The Kier molecular flexibility index (Phi) is 7.45. The fraction of sp³-hybridized carbons (Fsp3) is 0.385. The van der Waals surface area contributed by atoms with Gasteiger partial charge in [0.25, 0.3) is 5.91 Å². The lowest BCUT2D eigenvalue weighted by molar-refractivity contribution is -0.137. The summed E-state index contributed by atoms with van der Waals surface area (Å²) >= 11 is 0. The van der Waals surface area contributed by atoms with Crippen molar-refractivity contribution in [2.24, 2.45) is 0 Å². The van der Waals surface area contributed by atoms with Gasteiger partial charge in [-0.3, -0.25) is 9.69 Å². The van der Waals surface area contributed by atoms with Crippen LogP contribution in [0.25, 0.3) is 0 Å². The summed E-state index contributed by atoms with van der Waals surface area (Å²) < 4.78 is 46.2. The molecule has 0 radical (unpaired) electrons. The van der Waals surface area contributed by atoms with E-state index in [-0.39, 0.29) is 12.6 Å². The predicted octanol–water partition coefficient (Wildman–Crippen LogP) is 5.02. The first-order valence-electron chi connectivity index (χ1n) is 11.6. The number of hydrogen-bond acceptors (Lipinski definition) is 4. The van der Waals surface area contributed by atoms with Gasteiger partial charge in [0.05, 0.1) is 5.56 Å². The summed E-state index contributed by atoms with van der Waals surface area (Å²) in [4.78, 5) is 16.6. The summed E-state index contributed by atoms with van der Waals surface area (Å²) in [5, 5.41) is 4.35. The lowest BCUT2D eigenvalue weighted by Gasteiger charge is -2.34. The fourth-order valence-corrected chi connectivity index (χ4v) is 4.01. The third-order valence-electron chi connectivity index (χ3n) is 6.09. The maximum Gasteiger partial charge on any atom is 0.416 e. The molecule has 0 saturated carbocycles. The number of halogens is 3. The molecule has 2 aromatic carbocycles. The molecule has 4 rings (SSSR count). The van der Waals surface area contributed by atoms with E-state index in [2.05, 4.69) is 23.8 Å². The number of rotatable bonds is 7. The summed E-state index contributed by atoms with van der Waals surface area (Å²) in [7, 11) is 0. The Morgan fingerprint density at radius 1 is 1.03 bits per heavy atom. The third kappa shape index (κ3) is 6.42. The van der Waals surface area contributed by atoms with Gasteiger partial charge >= 0.3 is 6.18 Å². The van der Waals surface area contributed by atoms with Crippen molar-refractivity contribution in [3.05, 3.63) is 83.2 Å². The number of benzene rings is 2. The summed E-state index contributed by atoms with van der Waals surface area (Å²) in [5.74, 6) is 1.02. The summed E-state index contributed by atoms with van der Waals surface area (Å²) in [5.41, 5.74) is 1.54. The van der Waals surface area contributed by atoms with E-state index in [1.165, 1.54) is 17.7 Å². The lowest BCUT2D eigenvalue weighted by Crippen LogP contribution is -2.48. The molecule has 9 heteroatoms. The van der Waals surface area contributed by atoms with Crippen molar-refractivity contribution in [3.8, 4) is 5.75 Å². The third-order valence-corrected chi connectivity index (χ3v) is 6.09. The maximum absolute atomic E-state index is 13.0. The van der Waals surface area contributed by atoms with Crippen molar-refractivity contribution in [2.45, 2.75) is 39.2 Å². The number of nitrogens with zero attached hydrogens (tertiary/aromatic N) is 4. The molecule has 0 N–H and O–H groups in total. The van der Waals surface area contributed by atoms with Crippen molar-refractivity contribution < 1.29 is 22.7 Å². The molecule has 0 atom stereocenters. The molecule has 0 spiro atoms. The Morgan fingerprint density at radius 2 is 1.74 bits per heavy atom. The molecule has 0 aliphatic carbocycles. The first kappa shape index (κ1) is 24.8. The first-order chi connectivity index (χ1) is 16.7. The zero-order valence-electron chi connectivity index (χ0n) is 19.8. The van der Waals surface area contributed by atoms with E-state index in [9.17, 15) is 18.0 Å². The molecule has 186 valence electrons. The number of carbonyl (C=O) groups excluding carboxylic acids is 1. The number of carbonyl (C=O) groups is 1. The molecule has 2 heterocycles. The number of alkyl halides is 3. The van der Waals surface area contributed by atoms with E-state index in [1.807, 2.05) is 24.3 Å². The van der Waals surface area contributed by atoms with Gasteiger partial charge in [-0.2, -0.15) is 18.3 Å². The largest absolute Gasteiger partial charge is 0.471 e. The van der Waals surface area contributed by atoms with Crippen LogP contribution in [0.2, 0.25) is 0 Å². The van der Waals surface area contributed by atoms with Crippen LogP contribution in [-0.4, -0.2) is 51.7 Å². The molecule has 3 aromatic rings. The number of amides is 1. The molecule has 0 bridgehead atoms. The van der Waals surface area contributed by atoms with Crippen LogP contribution in [0.3, 0.4) is 0 Å². The van der Waals surface area contributed by atoms with E-state index in [1.54, 1.807) is 27.9 Å². The van der Waals surface area contributed by atoms with Gasteiger partial charge in [-0.25, -0.2) is 4.68 Å². The molecule has 35 heavy (non-hydrogen) atoms. The van der Waals surface area contributed by atoms with E-state index in [4.69, 9.17) is 4.74 Å². The fourth-order valence-electron chi connectivity index (χ4n) is 4.01. The Labute approximate surface area is 202 Å². The lowest BCUT2D eigenvalue weighted by atomic mass is 10.0. The number of hydrogen-bond donors (Lipinski definition) is 0. The monoisotopic (exact) mass is 486 g/mol. The second-order valence-electron chi connectivity index (χ2n) is 9.00. The van der Waals surface area contributed by atoms with E-state index in [0.29, 0.717) is 49.9 Å². The zero-order valence-corrected chi connectivity index (χ0v) is 19.8. The van der Waals surface area contributed by atoms with E-state index < -0.39 is 11.7 Å². The zero-order chi connectivity index (χ0) is 25.0. The minimum absolute atomic E-state index is 0.163. The standard InChI is InChI=1S/C26H29F3N4O2/c1-19(2)21-6-8-23(9-7-21)35-18-33-11-10-24(30-33)25(34)32-14-12-31(13-15-32)17-20-4-3-5-22(16-20)26(27,28)29/h3-11,16,19H,12-15,17-18H2,1-2H3. The van der Waals surface area contributed by atoms with Crippen LogP contribution in [0.15, 0.2) is 60.8 Å². The smallest absolute Gasteiger partial charge is 0.416 e. The Balaban J connectivity index is 1.27. The van der Waals surface area contributed by atoms with E-state index in [0.717, 1.165) is 11.8 Å². The van der Waals surface area contributed by atoms with Crippen LogP contribution in [0.4, 0.5) is 13.2 Å². The van der Waals surface area contributed by atoms with Gasteiger partial charge in [-0.1, -0.05) is 44.2 Å². The average Bonchev–Trinajstić information content (AvgIpc) is 3.32. The first-order valence-corrected chi connectivity index (χ1v) is 11.6. The number of ether oxygens (including phenoxy) is 1. The van der Waals surface area contributed by atoms with Crippen molar-refractivity contribution in [1.82, 2.24) is 19.6 Å². The van der Waals surface area contributed by atoms with Crippen LogP contribution >= 0.6 is 0 Å². The van der Waals surface area contributed by atoms with Gasteiger partial charge in [0.1, 0.15) is 5.75 Å². The van der Waals surface area contributed by atoms with Crippen LogP contribution < -0.4 is 4.74 Å². The summed E-state index contributed by atoms with van der Waals surface area (Å²) in [6.45, 7) is 7.01. The Morgan fingerprint density at radius 3 is 2.40 bits per heavy atom. The number of aromatic nitrogens is 2. The van der Waals surface area contributed by atoms with Gasteiger partial charge in [0, 0.05) is 38.9 Å². The van der Waals surface area contributed by atoms with Crippen molar-refractivity contribution in [3.63, 3.8) is 0 Å². The van der Waals surface area contributed by atoms with Crippen LogP contribution in [-0.2, 0) is 19.5 Å². The Bertz CT molecular complexity index is 1130. The van der Waals surface area contributed by atoms with Gasteiger partial charge < -0.3 is 9.64 Å². The summed E-state index contributed by atoms with van der Waals surface area (Å²) in [6, 6.07) is 15.0. The molecule has 1 saturated heterocycles. The second-order valence-corrected chi connectivity index (χ2v) is 9.00. The number of piperazine rings is 1. The van der Waals surface area contributed by atoms with Gasteiger partial charge in [0.15, 0.2) is 12.4 Å². The highest BCUT2D eigenvalue weighted by Crippen LogP contribution is 2.30. The molecular formula is C26H29F3N4O2. The average molecular weight is 487 g/mol. The Hall–Kier alpha value is -3.33. The maximum atomic E-state index is 13.0. The highest BCUT2D eigenvalue weighted by Gasteiger charge is 2.30. The van der Waals surface area contributed by atoms with Crippen LogP contribution in [0.1, 0.15) is 46.9 Å². The van der Waals surface area contributed by atoms with Crippen LogP contribution in [0, 0.1) is 0 Å². The highest BCUT2D eigenvalue weighted by atomic mass is 19.4. The molecule has 1 aliphatic heterocycles. The quantitative estimate of drug-likeness (QED) is 0.471. The van der Waals surface area contributed by atoms with Gasteiger partial charge in [0.2, 0.25) is 0 Å². The molecule has 6 nitrogen and oxygen atoms in total. The molecule has 1 aromatic heterocycles. The minimum Gasteiger partial charge on any atom is -0.471 e. The predicted molar refractivity (Wildman–Crippen MR) is 126 cm³/mol. The molecule has 1 aliphatic rings. The van der Waals surface area contributed by atoms with Gasteiger partial charge in [-0.05, 0) is 41.3 Å². The van der Waals surface area contributed by atoms with Gasteiger partial charge in [-0.15, -0.1) is 0 Å². The van der Waals surface area contributed by atoms with Crippen LogP contribution in [0.5, 0.6) is 5.75 Å². The topological polar surface area (TPSA) is 50.6 Å². The highest BCUT2D eigenvalue weighted by molar-refractivity contribution is 5.92. The SMILES string of the molecule is CC(C)c1ccc(OCn2ccc(C(=O)N3CCN(Cc4cccc(C(F)(F)F)c4)CC3)n2)cc1. The normalized spacial score (nSPS) is 15.0. The van der Waals surface area contributed by atoms with E-state index >= 15 is 0 Å². The second kappa shape index (κ2) is 10.5. The minimum atomic E-state index is -4.35. The molecule has 1 amide bonds. The van der Waals surface area contributed by atoms with Crippen molar-refractivity contribution >= 4 is 5.91 Å². The summed E-state index contributed by atoms with van der Waals surface area (Å²) in [6.07, 6.45) is -2.65.